The highest BCUT2D eigenvalue weighted by molar-refractivity contribution is 7.26. The molecule has 0 aliphatic heterocycles. The highest BCUT2D eigenvalue weighted by Gasteiger charge is 2.14. The van der Waals surface area contributed by atoms with Crippen molar-refractivity contribution < 1.29 is 0 Å². The maximum absolute atomic E-state index is 4.46. The molecule has 5 aromatic carbocycles. The third-order valence-electron chi connectivity index (χ3n) is 7.45. The van der Waals surface area contributed by atoms with Crippen LogP contribution in [0.5, 0.6) is 0 Å². The summed E-state index contributed by atoms with van der Waals surface area (Å²) in [4.78, 5) is 0. The lowest BCUT2D eigenvalue weighted by molar-refractivity contribution is 1.02. The van der Waals surface area contributed by atoms with Crippen molar-refractivity contribution in [1.29, 1.82) is 0 Å². The van der Waals surface area contributed by atoms with Gasteiger partial charge in [0.15, 0.2) is 5.65 Å². The van der Waals surface area contributed by atoms with E-state index >= 15 is 0 Å². The SMILES string of the molecule is Cc1nnc2c3ccccc3c3cc(-c4ccc(-c5cccc6c5sc5ccccc56)cc4)ccc3n12. The number of aryl methyl sites for hydroxylation is 1. The molecule has 0 radical (unpaired) electrons. The molecule has 174 valence electrons. The molecule has 8 rings (SSSR count). The van der Waals surface area contributed by atoms with Crippen molar-refractivity contribution in [3.63, 3.8) is 0 Å². The van der Waals surface area contributed by atoms with Gasteiger partial charge in [-0.15, -0.1) is 21.5 Å². The Morgan fingerprint density at radius 3 is 2.14 bits per heavy atom. The van der Waals surface area contributed by atoms with E-state index < -0.39 is 0 Å². The van der Waals surface area contributed by atoms with E-state index in [2.05, 4.69) is 124 Å². The average Bonchev–Trinajstić information content (AvgIpc) is 3.54. The van der Waals surface area contributed by atoms with Gasteiger partial charge in [0.2, 0.25) is 0 Å². The Kier molecular flexibility index (Phi) is 4.31. The second kappa shape index (κ2) is 7.73. The van der Waals surface area contributed by atoms with Crippen LogP contribution in [0.3, 0.4) is 0 Å². The van der Waals surface area contributed by atoms with Crippen molar-refractivity contribution in [1.82, 2.24) is 14.6 Å². The van der Waals surface area contributed by atoms with Crippen molar-refractivity contribution in [2.45, 2.75) is 6.92 Å². The Morgan fingerprint density at radius 2 is 1.27 bits per heavy atom. The molecule has 0 spiro atoms. The lowest BCUT2D eigenvalue weighted by Gasteiger charge is -2.11. The number of thiophene rings is 1. The van der Waals surface area contributed by atoms with Crippen molar-refractivity contribution in [2.24, 2.45) is 0 Å². The summed E-state index contributed by atoms with van der Waals surface area (Å²) >= 11 is 1.88. The fourth-order valence-electron chi connectivity index (χ4n) is 5.68. The molecule has 0 bridgehead atoms. The summed E-state index contributed by atoms with van der Waals surface area (Å²) < 4.78 is 4.85. The minimum Gasteiger partial charge on any atom is -0.279 e. The van der Waals surface area contributed by atoms with Crippen LogP contribution in [-0.4, -0.2) is 14.6 Å². The first kappa shape index (κ1) is 20.6. The van der Waals surface area contributed by atoms with Gasteiger partial charge in [0.05, 0.1) is 5.52 Å². The van der Waals surface area contributed by atoms with E-state index in [0.717, 1.165) is 22.4 Å². The molecule has 0 unspecified atom stereocenters. The lowest BCUT2D eigenvalue weighted by Crippen LogP contribution is -1.94. The predicted molar refractivity (Wildman–Crippen MR) is 156 cm³/mol. The molecular weight excluding hydrogens is 470 g/mol. The summed E-state index contributed by atoms with van der Waals surface area (Å²) in [6, 6.07) is 39.5. The van der Waals surface area contributed by atoms with Gasteiger partial charge in [-0.25, -0.2) is 0 Å². The van der Waals surface area contributed by atoms with Gasteiger partial charge in [-0.05, 0) is 52.8 Å². The van der Waals surface area contributed by atoms with E-state index in [1.54, 1.807) is 0 Å². The van der Waals surface area contributed by atoms with Gasteiger partial charge in [-0.3, -0.25) is 4.40 Å². The van der Waals surface area contributed by atoms with Crippen LogP contribution in [-0.2, 0) is 0 Å². The number of benzene rings is 5. The summed E-state index contributed by atoms with van der Waals surface area (Å²) in [7, 11) is 0. The van der Waals surface area contributed by atoms with E-state index in [-0.39, 0.29) is 0 Å². The van der Waals surface area contributed by atoms with Gasteiger partial charge >= 0.3 is 0 Å². The largest absolute Gasteiger partial charge is 0.279 e. The second-order valence-electron chi connectivity index (χ2n) is 9.54. The van der Waals surface area contributed by atoms with Gasteiger partial charge in [0.1, 0.15) is 5.82 Å². The molecular formula is C33H21N3S. The third-order valence-corrected chi connectivity index (χ3v) is 8.67. The molecule has 0 saturated heterocycles. The zero-order valence-electron chi connectivity index (χ0n) is 20.1. The summed E-state index contributed by atoms with van der Waals surface area (Å²) in [6.07, 6.45) is 0. The van der Waals surface area contributed by atoms with Crippen LogP contribution in [0, 0.1) is 6.92 Å². The fraction of sp³-hybridized carbons (Fsp3) is 0.0303. The van der Waals surface area contributed by atoms with Gasteiger partial charge in [0.25, 0.3) is 0 Å². The quantitative estimate of drug-likeness (QED) is 0.226. The zero-order chi connectivity index (χ0) is 24.5. The number of hydrogen-bond acceptors (Lipinski definition) is 3. The molecule has 3 nitrogen and oxygen atoms in total. The molecule has 0 aliphatic rings. The molecule has 3 aromatic heterocycles. The van der Waals surface area contributed by atoms with Gasteiger partial charge in [-0.1, -0.05) is 91.0 Å². The molecule has 3 heterocycles. The molecule has 0 N–H and O–H groups in total. The third kappa shape index (κ3) is 3.00. The van der Waals surface area contributed by atoms with E-state index in [4.69, 9.17) is 0 Å². The summed E-state index contributed by atoms with van der Waals surface area (Å²) in [5.74, 6) is 0.901. The van der Waals surface area contributed by atoms with Crippen LogP contribution in [0.1, 0.15) is 5.82 Å². The first-order valence-corrected chi connectivity index (χ1v) is 13.3. The zero-order valence-corrected chi connectivity index (χ0v) is 21.0. The lowest BCUT2D eigenvalue weighted by atomic mass is 9.97. The van der Waals surface area contributed by atoms with Crippen LogP contribution < -0.4 is 0 Å². The van der Waals surface area contributed by atoms with E-state index in [1.165, 1.54) is 53.2 Å². The molecule has 0 saturated carbocycles. The topological polar surface area (TPSA) is 30.2 Å². The summed E-state index contributed by atoms with van der Waals surface area (Å²) in [6.45, 7) is 2.01. The predicted octanol–water partition coefficient (Wildman–Crippen LogP) is 9.05. The second-order valence-corrected chi connectivity index (χ2v) is 10.6. The number of fused-ring (bicyclic) bond motifs is 9. The first-order valence-electron chi connectivity index (χ1n) is 12.4. The molecule has 4 heteroatoms. The molecule has 0 aliphatic carbocycles. The van der Waals surface area contributed by atoms with Gasteiger partial charge in [-0.2, -0.15) is 0 Å². The Hall–Kier alpha value is -4.54. The van der Waals surface area contributed by atoms with Crippen LogP contribution in [0.25, 0.3) is 69.7 Å². The molecule has 0 atom stereocenters. The molecule has 8 aromatic rings. The van der Waals surface area contributed by atoms with Crippen molar-refractivity contribution in [2.75, 3.05) is 0 Å². The van der Waals surface area contributed by atoms with Gasteiger partial charge in [0, 0.05) is 30.9 Å². The number of pyridine rings is 1. The van der Waals surface area contributed by atoms with Gasteiger partial charge < -0.3 is 0 Å². The van der Waals surface area contributed by atoms with Crippen molar-refractivity contribution >= 4 is 58.8 Å². The number of aromatic nitrogens is 3. The summed E-state index contributed by atoms with van der Waals surface area (Å²) in [5.41, 5.74) is 6.99. The first-order chi connectivity index (χ1) is 18.3. The highest BCUT2D eigenvalue weighted by Crippen LogP contribution is 2.40. The minimum absolute atomic E-state index is 0.901. The summed E-state index contributed by atoms with van der Waals surface area (Å²) in [5, 5.41) is 15.0. The van der Waals surface area contributed by atoms with E-state index in [1.807, 2.05) is 18.3 Å². The van der Waals surface area contributed by atoms with Crippen LogP contribution in [0.4, 0.5) is 0 Å². The molecule has 37 heavy (non-hydrogen) atoms. The fourth-order valence-corrected chi connectivity index (χ4v) is 6.92. The van der Waals surface area contributed by atoms with Crippen LogP contribution in [0.2, 0.25) is 0 Å². The standard InChI is InChI=1S/C33H21N3S/c1-20-34-35-33-28-9-3-2-7-25(28)29-19-23(17-18-30(29)36(20)33)21-13-15-22(16-14-21)24-10-6-11-27-26-8-4-5-12-31(26)37-32(24)27/h2-19H,1H3. The molecule has 0 fully saturated rings. The normalized spacial score (nSPS) is 11.9. The Labute approximate surface area is 217 Å². The Bertz CT molecular complexity index is 2150. The van der Waals surface area contributed by atoms with E-state index in [0.29, 0.717) is 0 Å². The maximum atomic E-state index is 4.46. The van der Waals surface area contributed by atoms with Crippen molar-refractivity contribution in [3.05, 3.63) is 115 Å². The number of hydrogen-bond donors (Lipinski definition) is 0. The number of nitrogens with zero attached hydrogens (tertiary/aromatic N) is 3. The smallest absolute Gasteiger partial charge is 0.169 e. The number of rotatable bonds is 2. The van der Waals surface area contributed by atoms with Crippen molar-refractivity contribution in [3.8, 4) is 22.3 Å². The monoisotopic (exact) mass is 491 g/mol. The highest BCUT2D eigenvalue weighted by atomic mass is 32.1. The average molecular weight is 492 g/mol. The maximum Gasteiger partial charge on any atom is 0.169 e. The van der Waals surface area contributed by atoms with Crippen LogP contribution in [0.15, 0.2) is 109 Å². The van der Waals surface area contributed by atoms with E-state index in [9.17, 15) is 0 Å². The minimum atomic E-state index is 0.901. The Balaban J connectivity index is 1.28. The van der Waals surface area contributed by atoms with Crippen LogP contribution >= 0.6 is 11.3 Å². The Morgan fingerprint density at radius 1 is 0.568 bits per heavy atom. The molecule has 0 amide bonds.